The van der Waals surface area contributed by atoms with Gasteiger partial charge >= 0.3 is 21.7 Å². The van der Waals surface area contributed by atoms with Crippen molar-refractivity contribution in [1.29, 1.82) is 0 Å². The average molecular weight is 756 g/mol. The average Bonchev–Trinajstić information content (AvgIpc) is 3.20. The quantitative estimate of drug-likeness (QED) is 0.0937. The Morgan fingerprint density at radius 1 is 0.404 bits per heavy atom. The van der Waals surface area contributed by atoms with Gasteiger partial charge in [0.05, 0.1) is 42.7 Å². The number of rotatable bonds is 10. The molecule has 0 radical (unpaired) electrons. The van der Waals surface area contributed by atoms with Gasteiger partial charge in [-0.25, -0.2) is 0 Å². The number of halogens is 3. The zero-order valence-corrected chi connectivity index (χ0v) is 34.4. The standard InChI is InChI=1S/C36H45O6Si.3ClH.Ti/c1-20-14-17-27(33(40-11)30(20)37-8)43(36-25(6)23(4)24(5)26(36)7,28-18-15-21(2)31(38-9)34(28)41-12)29-19-16-22(3)32(39-10)35(29)42-13;;;;/h14-19H,1-13H3;3*1H;/q-1;;;;+4/p-3. The molecule has 47 heavy (non-hydrogen) atoms. The van der Waals surface area contributed by atoms with Crippen LogP contribution in [-0.2, 0) is 21.7 Å². The number of methoxy groups -OCH3 is 6. The van der Waals surface area contributed by atoms with Gasteiger partial charge in [0.1, 0.15) is 8.07 Å². The Bertz CT molecular complexity index is 1510. The third kappa shape index (κ3) is 6.90. The van der Waals surface area contributed by atoms with Crippen molar-refractivity contribution in [3.63, 3.8) is 0 Å². The Balaban J connectivity index is 0.00000529. The van der Waals surface area contributed by atoms with E-state index >= 15 is 0 Å². The van der Waals surface area contributed by atoms with Gasteiger partial charge in [-0.15, -0.1) is 5.19 Å². The molecule has 0 aliphatic heterocycles. The van der Waals surface area contributed by atoms with Gasteiger partial charge in [0.2, 0.25) is 0 Å². The van der Waals surface area contributed by atoms with Crippen LogP contribution in [0.4, 0.5) is 0 Å². The van der Waals surface area contributed by atoms with Crippen molar-refractivity contribution in [3.05, 3.63) is 75.3 Å². The van der Waals surface area contributed by atoms with Crippen molar-refractivity contribution in [3.8, 4) is 34.5 Å². The molecule has 0 fully saturated rings. The molecule has 4 aromatic carbocycles. The van der Waals surface area contributed by atoms with E-state index in [4.69, 9.17) is 28.4 Å². The van der Waals surface area contributed by atoms with E-state index in [0.29, 0.717) is 34.5 Å². The van der Waals surface area contributed by atoms with Crippen molar-refractivity contribution in [2.75, 3.05) is 42.7 Å². The Morgan fingerprint density at radius 2 is 0.638 bits per heavy atom. The third-order valence-electron chi connectivity index (χ3n) is 9.18. The molecule has 4 aromatic rings. The van der Waals surface area contributed by atoms with E-state index in [-0.39, 0.29) is 58.9 Å². The van der Waals surface area contributed by atoms with Crippen LogP contribution in [0.3, 0.4) is 0 Å². The number of aryl methyl sites for hydroxylation is 3. The van der Waals surface area contributed by atoms with Crippen LogP contribution in [0.25, 0.3) is 0 Å². The molecule has 0 atom stereocenters. The molecule has 0 aliphatic rings. The zero-order chi connectivity index (χ0) is 31.8. The summed E-state index contributed by atoms with van der Waals surface area (Å²) < 4.78 is 37.0. The fourth-order valence-corrected chi connectivity index (χ4v) is 12.7. The number of ether oxygens (including phenoxy) is 6. The normalized spacial score (nSPS) is 10.4. The van der Waals surface area contributed by atoms with Crippen molar-refractivity contribution < 1.29 is 87.4 Å². The van der Waals surface area contributed by atoms with Crippen molar-refractivity contribution in [2.45, 2.75) is 48.5 Å². The summed E-state index contributed by atoms with van der Waals surface area (Å²) in [5.41, 5.74) is 7.93. The molecule has 11 heteroatoms. The van der Waals surface area contributed by atoms with E-state index in [1.165, 1.54) is 27.4 Å². The topological polar surface area (TPSA) is 55.4 Å². The summed E-state index contributed by atoms with van der Waals surface area (Å²) in [6.07, 6.45) is 0. The summed E-state index contributed by atoms with van der Waals surface area (Å²) >= 11 is 0. The van der Waals surface area contributed by atoms with Crippen LogP contribution >= 0.6 is 0 Å². The molecule has 0 saturated heterocycles. The summed E-state index contributed by atoms with van der Waals surface area (Å²) in [6, 6.07) is 12.9. The molecule has 0 heterocycles. The van der Waals surface area contributed by atoms with Crippen LogP contribution < -0.4 is 86.4 Å². The number of hydrogen-bond acceptors (Lipinski definition) is 6. The summed E-state index contributed by atoms with van der Waals surface area (Å²) in [7, 11) is 6.78. The molecular weight excluding hydrogens is 711 g/mol. The first-order valence-corrected chi connectivity index (χ1v) is 16.4. The number of hydrogen-bond donors (Lipinski definition) is 0. The van der Waals surface area contributed by atoms with Crippen LogP contribution in [0.1, 0.15) is 38.9 Å². The van der Waals surface area contributed by atoms with Crippen molar-refractivity contribution in [1.82, 2.24) is 0 Å². The van der Waals surface area contributed by atoms with Gasteiger partial charge in [-0.2, -0.15) is 22.3 Å². The summed E-state index contributed by atoms with van der Waals surface area (Å²) in [6.45, 7) is 15.0. The van der Waals surface area contributed by atoms with Crippen LogP contribution in [-0.4, -0.2) is 50.7 Å². The molecule has 0 aromatic heterocycles. The Morgan fingerprint density at radius 3 is 0.851 bits per heavy atom. The van der Waals surface area contributed by atoms with E-state index in [1.807, 2.05) is 20.8 Å². The second kappa shape index (κ2) is 17.8. The minimum absolute atomic E-state index is 0. The molecule has 0 amide bonds. The van der Waals surface area contributed by atoms with E-state index in [9.17, 15) is 0 Å². The van der Waals surface area contributed by atoms with Crippen LogP contribution in [0.2, 0.25) is 0 Å². The van der Waals surface area contributed by atoms with Gasteiger partial charge in [-0.05, 0) is 53.0 Å². The Labute approximate surface area is 315 Å². The molecule has 4 rings (SSSR count). The largest absolute Gasteiger partial charge is 4.00 e. The molecule has 0 bridgehead atoms. The molecule has 0 N–H and O–H groups in total. The van der Waals surface area contributed by atoms with E-state index in [1.54, 1.807) is 42.7 Å². The van der Waals surface area contributed by atoms with Gasteiger partial charge in [0, 0.05) is 0 Å². The summed E-state index contributed by atoms with van der Waals surface area (Å²) in [4.78, 5) is 0. The monoisotopic (exact) mass is 754 g/mol. The second-order valence-electron chi connectivity index (χ2n) is 11.1. The van der Waals surface area contributed by atoms with E-state index in [2.05, 4.69) is 64.1 Å². The van der Waals surface area contributed by atoms with Crippen molar-refractivity contribution in [2.24, 2.45) is 0 Å². The smallest absolute Gasteiger partial charge is 1.00 e. The molecule has 6 nitrogen and oxygen atoms in total. The molecule has 0 aliphatic carbocycles. The fraction of sp³-hybridized carbons (Fsp3) is 0.361. The second-order valence-corrected chi connectivity index (χ2v) is 14.7. The van der Waals surface area contributed by atoms with Crippen LogP contribution in [0, 0.1) is 48.5 Å². The van der Waals surface area contributed by atoms with Crippen LogP contribution in [0.15, 0.2) is 36.4 Å². The van der Waals surface area contributed by atoms with Crippen molar-refractivity contribution >= 4 is 28.8 Å². The Hall–Kier alpha value is -2.39. The maximum atomic E-state index is 6.31. The molecule has 0 unspecified atom stereocenters. The van der Waals surface area contributed by atoms with E-state index in [0.717, 1.165) is 32.3 Å². The summed E-state index contributed by atoms with van der Waals surface area (Å²) in [5, 5.41) is 4.30. The maximum absolute atomic E-state index is 6.31. The van der Waals surface area contributed by atoms with Gasteiger partial charge in [0.15, 0.2) is 34.5 Å². The predicted molar refractivity (Wildman–Crippen MR) is 178 cm³/mol. The first-order valence-electron chi connectivity index (χ1n) is 14.4. The zero-order valence-electron chi connectivity index (χ0n) is 29.5. The van der Waals surface area contributed by atoms with Gasteiger partial charge < -0.3 is 65.6 Å². The molecule has 0 saturated carbocycles. The number of benzene rings is 3. The maximum Gasteiger partial charge on any atom is 4.00 e. The van der Waals surface area contributed by atoms with E-state index < -0.39 is 8.07 Å². The third-order valence-corrected chi connectivity index (χ3v) is 14.3. The SMILES string of the molecule is COc1c(C)ccc([Si](c2ccc(C)c(OC)c2OC)(c2ccc(C)c(OC)c2OC)[c-]2c(C)c(C)c(C)c2C)c1OC.[Cl-].[Cl-].[Cl-].[Ti+4]. The first kappa shape index (κ1) is 44.6. The minimum atomic E-state index is -3.42. The van der Waals surface area contributed by atoms with Gasteiger partial charge in [-0.3, -0.25) is 0 Å². The van der Waals surface area contributed by atoms with Crippen LogP contribution in [0.5, 0.6) is 34.5 Å². The first-order chi connectivity index (χ1) is 20.5. The van der Waals surface area contributed by atoms with Gasteiger partial charge in [-0.1, -0.05) is 64.1 Å². The summed E-state index contributed by atoms with van der Waals surface area (Å²) in [5.74, 6) is 4.16. The Kier molecular flexibility index (Phi) is 16.9. The molecule has 254 valence electrons. The molecular formula is C36H45Cl3O6SiTi. The minimum Gasteiger partial charge on any atom is -1.00 e. The molecule has 0 spiro atoms. The predicted octanol–water partition coefficient (Wildman–Crippen LogP) is -4.00. The van der Waals surface area contributed by atoms with Gasteiger partial charge in [0.25, 0.3) is 0 Å². The fourth-order valence-electron chi connectivity index (χ4n) is 6.86.